The fraction of sp³-hybridized carbons (Fsp3) is 0.0750. The van der Waals surface area contributed by atoms with Crippen molar-refractivity contribution in [2.75, 3.05) is 0 Å². The molecule has 6 aromatic carbocycles. The highest BCUT2D eigenvalue weighted by molar-refractivity contribution is 6.21. The maximum atomic E-state index is 5.26. The summed E-state index contributed by atoms with van der Waals surface area (Å²) < 4.78 is 2.35. The van der Waals surface area contributed by atoms with Gasteiger partial charge in [-0.15, -0.1) is 0 Å². The third-order valence-corrected chi connectivity index (χ3v) is 9.09. The predicted molar refractivity (Wildman–Crippen MR) is 187 cm³/mol. The fourth-order valence-corrected chi connectivity index (χ4v) is 7.02. The smallest absolute Gasteiger partial charge is 0.129 e. The van der Waals surface area contributed by atoms with E-state index in [0.29, 0.717) is 0 Å². The van der Waals surface area contributed by atoms with E-state index in [0.717, 1.165) is 17.2 Å². The number of dihydropyridines is 1. The van der Waals surface area contributed by atoms with E-state index in [1.54, 1.807) is 0 Å². The molecule has 2 aliphatic rings. The topological polar surface area (TPSA) is 53.4 Å². The average Bonchev–Trinajstić information content (AvgIpc) is 3.46. The third kappa shape index (κ3) is 4.32. The molecule has 5 nitrogen and oxygen atoms in total. The molecule has 0 aliphatic carbocycles. The summed E-state index contributed by atoms with van der Waals surface area (Å²) in [6.45, 7) is 0. The Labute approximate surface area is 261 Å². The summed E-state index contributed by atoms with van der Waals surface area (Å²) in [5, 5.41) is 18.9. The zero-order chi connectivity index (χ0) is 29.7. The molecule has 9 rings (SSSR count). The van der Waals surface area contributed by atoms with Crippen molar-refractivity contribution in [3.63, 3.8) is 0 Å². The molecular weight excluding hydrogens is 550 g/mol. The van der Waals surface area contributed by atoms with Crippen LogP contribution in [0.2, 0.25) is 0 Å². The Balaban J connectivity index is 1.14. The number of benzene rings is 6. The van der Waals surface area contributed by atoms with Crippen molar-refractivity contribution in [1.29, 1.82) is 0 Å². The maximum Gasteiger partial charge on any atom is 0.129 e. The van der Waals surface area contributed by atoms with Crippen LogP contribution in [0.1, 0.15) is 23.5 Å². The molecule has 5 heteroatoms. The highest BCUT2D eigenvalue weighted by atomic mass is 15.3. The van der Waals surface area contributed by atoms with E-state index in [1.165, 1.54) is 48.9 Å². The van der Waals surface area contributed by atoms with E-state index in [4.69, 9.17) is 4.99 Å². The monoisotopic (exact) mass is 581 g/mol. The number of aliphatic imine (C=N–C) groups is 1. The van der Waals surface area contributed by atoms with Gasteiger partial charge in [0.1, 0.15) is 30.0 Å². The number of rotatable bonds is 4. The van der Waals surface area contributed by atoms with E-state index in [-0.39, 0.29) is 18.4 Å². The molecule has 0 saturated heterocycles. The van der Waals surface area contributed by atoms with Gasteiger partial charge in [-0.1, -0.05) is 133 Å². The molecule has 0 radical (unpaired) electrons. The van der Waals surface area contributed by atoms with E-state index in [9.17, 15) is 0 Å². The first-order chi connectivity index (χ1) is 22.3. The molecule has 0 spiro atoms. The molecule has 3 heterocycles. The van der Waals surface area contributed by atoms with Gasteiger partial charge in [-0.05, 0) is 50.9 Å². The molecule has 0 amide bonds. The minimum absolute atomic E-state index is 0.127. The second-order valence-corrected chi connectivity index (χ2v) is 11.7. The molecule has 1 aromatic heterocycles. The molecule has 0 saturated carbocycles. The van der Waals surface area contributed by atoms with Crippen LogP contribution in [0.4, 0.5) is 0 Å². The second kappa shape index (κ2) is 10.5. The van der Waals surface area contributed by atoms with Crippen molar-refractivity contribution in [3.05, 3.63) is 163 Å². The second-order valence-electron chi connectivity index (χ2n) is 11.7. The van der Waals surface area contributed by atoms with Gasteiger partial charge >= 0.3 is 0 Å². The van der Waals surface area contributed by atoms with Gasteiger partial charge in [-0.25, -0.2) is 4.99 Å². The summed E-state index contributed by atoms with van der Waals surface area (Å²) >= 11 is 0. The van der Waals surface area contributed by atoms with Crippen LogP contribution in [0.25, 0.3) is 49.2 Å². The lowest BCUT2D eigenvalue weighted by molar-refractivity contribution is 0.404. The number of allylic oxidation sites excluding steroid dienone is 2. The Morgan fingerprint density at radius 1 is 0.578 bits per heavy atom. The standard InChI is InChI=1S/C40H31N5/c1-2-14-28(15-3-1)38-42-39(31-20-10-16-26-12-4-6-17-29(26)31)44-40(43-38)33-21-11-23-36(41-33)45-34-22-9-8-19-32(34)37-30-18-7-5-13-27(30)24-25-35(37)45/h1-25,33,38-39,41-42H,(H,43,44). The van der Waals surface area contributed by atoms with Gasteiger partial charge in [0.05, 0.1) is 11.0 Å². The number of nitrogens with zero attached hydrogens (tertiary/aromatic N) is 2. The molecule has 3 unspecified atom stereocenters. The first kappa shape index (κ1) is 25.8. The summed E-state index contributed by atoms with van der Waals surface area (Å²) in [5.74, 6) is 1.92. The van der Waals surface area contributed by atoms with Crippen LogP contribution in [0.15, 0.2) is 157 Å². The van der Waals surface area contributed by atoms with E-state index >= 15 is 0 Å². The van der Waals surface area contributed by atoms with Gasteiger partial charge in [-0.2, -0.15) is 0 Å². The van der Waals surface area contributed by atoms with Crippen molar-refractivity contribution >= 4 is 55.0 Å². The van der Waals surface area contributed by atoms with Crippen LogP contribution in [0.5, 0.6) is 0 Å². The molecule has 216 valence electrons. The lowest BCUT2D eigenvalue weighted by Gasteiger charge is -2.36. The number of aromatic nitrogens is 1. The first-order valence-electron chi connectivity index (χ1n) is 15.5. The molecule has 3 atom stereocenters. The molecule has 7 aromatic rings. The average molecular weight is 582 g/mol. The van der Waals surface area contributed by atoms with Gasteiger partial charge in [-0.3, -0.25) is 9.88 Å². The van der Waals surface area contributed by atoms with Gasteiger partial charge in [0.2, 0.25) is 0 Å². The normalized spacial score (nSPS) is 19.8. The van der Waals surface area contributed by atoms with Crippen LogP contribution >= 0.6 is 0 Å². The van der Waals surface area contributed by atoms with Gasteiger partial charge < -0.3 is 10.6 Å². The zero-order valence-electron chi connectivity index (χ0n) is 24.6. The van der Waals surface area contributed by atoms with Crippen LogP contribution in [0, 0.1) is 0 Å². The van der Waals surface area contributed by atoms with E-state index in [1.807, 2.05) is 0 Å². The van der Waals surface area contributed by atoms with Crippen molar-refractivity contribution in [2.45, 2.75) is 18.4 Å². The third-order valence-electron chi connectivity index (χ3n) is 9.09. The SMILES string of the molecule is C1=CC(C2=NC(c3ccccc3)NC(c3cccc4ccccc34)N2)NC(n2c3ccccc3c3c4ccccc4ccc32)=C1. The Hall–Kier alpha value is -5.65. The van der Waals surface area contributed by atoms with E-state index < -0.39 is 0 Å². The quantitative estimate of drug-likeness (QED) is 0.196. The van der Waals surface area contributed by atoms with Gasteiger partial charge in [0.15, 0.2) is 0 Å². The molecule has 0 bridgehead atoms. The fourth-order valence-electron chi connectivity index (χ4n) is 7.02. The summed E-state index contributed by atoms with van der Waals surface area (Å²) in [4.78, 5) is 5.26. The first-order valence-corrected chi connectivity index (χ1v) is 15.5. The summed E-state index contributed by atoms with van der Waals surface area (Å²) in [7, 11) is 0. The number of nitrogens with one attached hydrogen (secondary N) is 3. The van der Waals surface area contributed by atoms with Crippen LogP contribution in [-0.2, 0) is 0 Å². The Morgan fingerprint density at radius 2 is 1.29 bits per heavy atom. The minimum atomic E-state index is -0.199. The van der Waals surface area contributed by atoms with Crippen molar-refractivity contribution < 1.29 is 0 Å². The van der Waals surface area contributed by atoms with Crippen LogP contribution in [-0.4, -0.2) is 16.4 Å². The number of fused-ring (bicyclic) bond motifs is 6. The molecule has 45 heavy (non-hydrogen) atoms. The van der Waals surface area contributed by atoms with Gasteiger partial charge in [0, 0.05) is 10.8 Å². The van der Waals surface area contributed by atoms with Crippen molar-refractivity contribution in [2.24, 2.45) is 4.99 Å². The Bertz CT molecular complexity index is 2320. The lowest BCUT2D eigenvalue weighted by atomic mass is 10.0. The zero-order valence-corrected chi connectivity index (χ0v) is 24.6. The Kier molecular flexibility index (Phi) is 6.03. The highest BCUT2D eigenvalue weighted by Crippen LogP contribution is 2.37. The summed E-state index contributed by atoms with van der Waals surface area (Å²) in [6.07, 6.45) is 6.17. The van der Waals surface area contributed by atoms with Crippen LogP contribution < -0.4 is 16.0 Å². The number of amidine groups is 1. The van der Waals surface area contributed by atoms with Gasteiger partial charge in [0.25, 0.3) is 0 Å². The predicted octanol–water partition coefficient (Wildman–Crippen LogP) is 8.42. The van der Waals surface area contributed by atoms with Crippen LogP contribution in [0.3, 0.4) is 0 Å². The Morgan fingerprint density at radius 3 is 2.16 bits per heavy atom. The molecular formula is C40H31N5. The van der Waals surface area contributed by atoms with Crippen molar-refractivity contribution in [1.82, 2.24) is 20.5 Å². The van der Waals surface area contributed by atoms with Crippen molar-refractivity contribution in [3.8, 4) is 0 Å². The number of para-hydroxylation sites is 1. The minimum Gasteiger partial charge on any atom is -0.358 e. The highest BCUT2D eigenvalue weighted by Gasteiger charge is 2.30. The summed E-state index contributed by atoms with van der Waals surface area (Å²) in [5.41, 5.74) is 4.68. The molecule has 3 N–H and O–H groups in total. The lowest BCUT2D eigenvalue weighted by Crippen LogP contribution is -2.52. The summed E-state index contributed by atoms with van der Waals surface area (Å²) in [6, 6.07) is 47.2. The molecule has 2 aliphatic heterocycles. The van der Waals surface area contributed by atoms with E-state index in [2.05, 4.69) is 172 Å². The maximum absolute atomic E-state index is 5.26. The largest absolute Gasteiger partial charge is 0.358 e. The number of hydrogen-bond acceptors (Lipinski definition) is 4. The molecule has 0 fully saturated rings. The number of hydrogen-bond donors (Lipinski definition) is 3.